The minimum Gasteiger partial charge on any atom is -0.378 e. The van der Waals surface area contributed by atoms with Gasteiger partial charge in [-0.2, -0.15) is 11.8 Å². The SMILES string of the molecule is C=CCSCC[C@]12CCCC=C1CC[C@@H]1C2=CC[C@]23COCCOC2CC[C@@H]13. The van der Waals surface area contributed by atoms with Crippen molar-refractivity contribution in [2.45, 2.75) is 63.9 Å². The second kappa shape index (κ2) is 7.96. The Bertz CT molecular complexity index is 667. The van der Waals surface area contributed by atoms with E-state index >= 15 is 0 Å². The normalized spacial score (nSPS) is 42.2. The molecule has 1 aliphatic heterocycles. The standard InChI is InChI=1S/C25H36O2S/c1-2-16-28-17-13-24-11-4-3-5-19(24)6-7-20-21-8-9-23-25(21,12-10-22(20)24)18-26-14-15-27-23/h2,5,10,20-21,23H,1,3-4,6-9,11-18H2/t20-,21-,23?,24+,25+/m0/s1. The lowest BCUT2D eigenvalue weighted by Gasteiger charge is -2.55. The van der Waals surface area contributed by atoms with E-state index in [2.05, 4.69) is 36.6 Å². The van der Waals surface area contributed by atoms with E-state index in [-0.39, 0.29) is 5.41 Å². The highest BCUT2D eigenvalue weighted by Crippen LogP contribution is 2.65. The molecular weight excluding hydrogens is 364 g/mol. The van der Waals surface area contributed by atoms with Crippen LogP contribution in [-0.2, 0) is 9.47 Å². The van der Waals surface area contributed by atoms with E-state index in [1.165, 1.54) is 63.5 Å². The molecule has 154 valence electrons. The van der Waals surface area contributed by atoms with Crippen LogP contribution in [0, 0.1) is 22.7 Å². The maximum atomic E-state index is 6.31. The molecule has 0 amide bonds. The number of allylic oxidation sites excluding steroid dienone is 4. The lowest BCUT2D eigenvalue weighted by Crippen LogP contribution is -2.49. The van der Waals surface area contributed by atoms with Crippen LogP contribution in [0.25, 0.3) is 0 Å². The predicted octanol–water partition coefficient (Wildman–Crippen LogP) is 5.94. The highest BCUT2D eigenvalue weighted by atomic mass is 32.2. The predicted molar refractivity (Wildman–Crippen MR) is 118 cm³/mol. The third-order valence-electron chi connectivity index (χ3n) is 8.62. The molecular formula is C25H36O2S. The molecule has 5 aliphatic rings. The van der Waals surface area contributed by atoms with Crippen molar-refractivity contribution < 1.29 is 9.47 Å². The molecule has 1 unspecified atom stereocenters. The fourth-order valence-corrected chi connectivity index (χ4v) is 8.31. The average Bonchev–Trinajstić information content (AvgIpc) is 2.98. The Hall–Kier alpha value is -0.510. The fraction of sp³-hybridized carbons (Fsp3) is 0.760. The molecule has 0 aromatic rings. The Kier molecular flexibility index (Phi) is 5.53. The molecule has 2 saturated carbocycles. The summed E-state index contributed by atoms with van der Waals surface area (Å²) >= 11 is 2.06. The number of fused-ring (bicyclic) bond motifs is 4. The van der Waals surface area contributed by atoms with Crippen LogP contribution in [0.2, 0.25) is 0 Å². The van der Waals surface area contributed by atoms with Gasteiger partial charge >= 0.3 is 0 Å². The van der Waals surface area contributed by atoms with Gasteiger partial charge in [-0.3, -0.25) is 0 Å². The third-order valence-corrected chi connectivity index (χ3v) is 9.59. The van der Waals surface area contributed by atoms with Crippen molar-refractivity contribution in [1.82, 2.24) is 0 Å². The van der Waals surface area contributed by atoms with Gasteiger partial charge in [0.2, 0.25) is 0 Å². The highest BCUT2D eigenvalue weighted by Gasteiger charge is 2.59. The maximum Gasteiger partial charge on any atom is 0.0704 e. The summed E-state index contributed by atoms with van der Waals surface area (Å²) in [6, 6.07) is 0. The van der Waals surface area contributed by atoms with Crippen LogP contribution < -0.4 is 0 Å². The minimum atomic E-state index is 0.263. The quantitative estimate of drug-likeness (QED) is 0.420. The molecule has 0 radical (unpaired) electrons. The van der Waals surface area contributed by atoms with E-state index in [4.69, 9.17) is 9.47 Å². The summed E-state index contributed by atoms with van der Waals surface area (Å²) in [5, 5.41) is 0. The third kappa shape index (κ3) is 2.99. The van der Waals surface area contributed by atoms with Crippen molar-refractivity contribution in [3.05, 3.63) is 36.0 Å². The monoisotopic (exact) mass is 400 g/mol. The number of rotatable bonds is 5. The first-order valence-corrected chi connectivity index (χ1v) is 12.7. The highest BCUT2D eigenvalue weighted by molar-refractivity contribution is 7.99. The summed E-state index contributed by atoms with van der Waals surface area (Å²) < 4.78 is 12.4. The van der Waals surface area contributed by atoms with Crippen molar-refractivity contribution in [3.8, 4) is 0 Å². The lowest BCUT2D eigenvalue weighted by atomic mass is 9.50. The van der Waals surface area contributed by atoms with E-state index in [1.54, 1.807) is 5.57 Å². The molecule has 2 nitrogen and oxygen atoms in total. The van der Waals surface area contributed by atoms with Gasteiger partial charge in [0, 0.05) is 16.6 Å². The van der Waals surface area contributed by atoms with Crippen LogP contribution >= 0.6 is 11.8 Å². The second-order valence-corrected chi connectivity index (χ2v) is 10.8. The number of hydrogen-bond donors (Lipinski definition) is 0. The lowest BCUT2D eigenvalue weighted by molar-refractivity contribution is -0.0455. The van der Waals surface area contributed by atoms with Crippen molar-refractivity contribution in [3.63, 3.8) is 0 Å². The summed E-state index contributed by atoms with van der Waals surface area (Å²) in [6.07, 6.45) is 19.6. The molecule has 0 bridgehead atoms. The largest absolute Gasteiger partial charge is 0.378 e. The zero-order valence-electron chi connectivity index (χ0n) is 17.3. The molecule has 3 fully saturated rings. The van der Waals surface area contributed by atoms with E-state index in [1.807, 2.05) is 5.57 Å². The van der Waals surface area contributed by atoms with Gasteiger partial charge in [-0.15, -0.1) is 6.58 Å². The Morgan fingerprint density at radius 2 is 2.18 bits per heavy atom. The smallest absolute Gasteiger partial charge is 0.0704 e. The Morgan fingerprint density at radius 3 is 3.11 bits per heavy atom. The van der Waals surface area contributed by atoms with E-state index in [0.29, 0.717) is 11.5 Å². The van der Waals surface area contributed by atoms with Crippen molar-refractivity contribution >= 4 is 11.8 Å². The van der Waals surface area contributed by atoms with Gasteiger partial charge in [-0.1, -0.05) is 29.4 Å². The van der Waals surface area contributed by atoms with Crippen molar-refractivity contribution in [2.24, 2.45) is 22.7 Å². The molecule has 1 saturated heterocycles. The number of thioether (sulfide) groups is 1. The van der Waals surface area contributed by atoms with Gasteiger partial charge in [0.1, 0.15) is 0 Å². The van der Waals surface area contributed by atoms with E-state index in [9.17, 15) is 0 Å². The molecule has 5 atom stereocenters. The summed E-state index contributed by atoms with van der Waals surface area (Å²) in [7, 11) is 0. The topological polar surface area (TPSA) is 18.5 Å². The number of ether oxygens (including phenoxy) is 2. The zero-order valence-corrected chi connectivity index (χ0v) is 18.1. The molecule has 0 aromatic heterocycles. The molecule has 3 heteroatoms. The molecule has 4 aliphatic carbocycles. The molecule has 1 heterocycles. The van der Waals surface area contributed by atoms with E-state index < -0.39 is 0 Å². The Labute approximate surface area is 175 Å². The summed E-state index contributed by atoms with van der Waals surface area (Å²) in [5.74, 6) is 3.89. The molecule has 0 aromatic carbocycles. The fourth-order valence-electron chi connectivity index (χ4n) is 7.49. The molecule has 5 rings (SSSR count). The first-order valence-electron chi connectivity index (χ1n) is 11.6. The first-order chi connectivity index (χ1) is 13.8. The van der Waals surface area contributed by atoms with Crippen molar-refractivity contribution in [2.75, 3.05) is 31.3 Å². The first kappa shape index (κ1) is 19.5. The number of hydrogen-bond acceptors (Lipinski definition) is 3. The van der Waals surface area contributed by atoms with Crippen LogP contribution in [0.3, 0.4) is 0 Å². The average molecular weight is 401 g/mol. The Morgan fingerprint density at radius 1 is 1.21 bits per heavy atom. The van der Waals surface area contributed by atoms with Crippen LogP contribution in [0.1, 0.15) is 57.8 Å². The van der Waals surface area contributed by atoms with Crippen LogP contribution in [0.5, 0.6) is 0 Å². The van der Waals surface area contributed by atoms with E-state index in [0.717, 1.165) is 37.4 Å². The Balaban J connectivity index is 1.48. The van der Waals surface area contributed by atoms with Crippen LogP contribution in [0.4, 0.5) is 0 Å². The van der Waals surface area contributed by atoms with Gasteiger partial charge in [0.15, 0.2) is 0 Å². The van der Waals surface area contributed by atoms with Gasteiger partial charge < -0.3 is 9.47 Å². The summed E-state index contributed by atoms with van der Waals surface area (Å²) in [4.78, 5) is 0. The molecule has 28 heavy (non-hydrogen) atoms. The molecule has 1 spiro atoms. The van der Waals surface area contributed by atoms with Crippen molar-refractivity contribution in [1.29, 1.82) is 0 Å². The minimum absolute atomic E-state index is 0.263. The van der Waals surface area contributed by atoms with Gasteiger partial charge in [-0.05, 0) is 75.4 Å². The zero-order chi connectivity index (χ0) is 19.0. The second-order valence-electron chi connectivity index (χ2n) is 9.66. The summed E-state index contributed by atoms with van der Waals surface area (Å²) in [5.41, 5.74) is 4.27. The molecule has 0 N–H and O–H groups in total. The summed E-state index contributed by atoms with van der Waals surface area (Å²) in [6.45, 7) is 6.40. The van der Waals surface area contributed by atoms with Crippen LogP contribution in [-0.4, -0.2) is 37.4 Å². The van der Waals surface area contributed by atoms with Gasteiger partial charge in [-0.25, -0.2) is 0 Å². The van der Waals surface area contributed by atoms with Gasteiger partial charge in [0.25, 0.3) is 0 Å². The van der Waals surface area contributed by atoms with Gasteiger partial charge in [0.05, 0.1) is 25.9 Å². The maximum absolute atomic E-state index is 6.31. The van der Waals surface area contributed by atoms with Crippen LogP contribution in [0.15, 0.2) is 36.0 Å².